The van der Waals surface area contributed by atoms with E-state index in [2.05, 4.69) is 5.32 Å². The van der Waals surface area contributed by atoms with Crippen LogP contribution in [0.3, 0.4) is 0 Å². The number of ether oxygens (including phenoxy) is 2. The Hall–Kier alpha value is -1.01. The van der Waals surface area contributed by atoms with Crippen LogP contribution in [0.5, 0.6) is 0 Å². The van der Waals surface area contributed by atoms with Crippen LogP contribution in [0.2, 0.25) is 0 Å². The maximum atomic E-state index is 12.7. The summed E-state index contributed by atoms with van der Waals surface area (Å²) in [5.41, 5.74) is 11.2. The SMILES string of the molecule is C[C@H]1[C@H](O)[C@@H](CO)C[C@H](OC2[C@@H](O)[C@H](OC3C[C@H](CN)[C@@H](O)[C@H](O)[C@H]3O)[C@@H](C)C[C@H]2NC(=O)C(O)CCN)[C@@H]1O. The zero-order chi connectivity index (χ0) is 29.9. The van der Waals surface area contributed by atoms with E-state index in [0.29, 0.717) is 0 Å². The Morgan fingerprint density at radius 1 is 0.825 bits per heavy atom. The molecule has 0 aromatic carbocycles. The predicted octanol–water partition coefficient (Wildman–Crippen LogP) is -4.48. The highest BCUT2D eigenvalue weighted by Gasteiger charge is 2.51. The minimum Gasteiger partial charge on any atom is -0.396 e. The van der Waals surface area contributed by atoms with Crippen molar-refractivity contribution in [3.63, 3.8) is 0 Å². The number of rotatable bonds is 10. The largest absolute Gasteiger partial charge is 0.396 e. The highest BCUT2D eigenvalue weighted by molar-refractivity contribution is 5.80. The smallest absolute Gasteiger partial charge is 0.249 e. The molecule has 0 aliphatic heterocycles. The Bertz CT molecular complexity index is 808. The summed E-state index contributed by atoms with van der Waals surface area (Å²) in [6, 6.07) is -0.813. The second-order valence-electron chi connectivity index (χ2n) is 11.9. The molecule has 16 atom stereocenters. The molecule has 234 valence electrons. The van der Waals surface area contributed by atoms with Crippen LogP contribution in [0.1, 0.15) is 39.5 Å². The normalized spacial score (nSPS) is 47.0. The summed E-state index contributed by atoms with van der Waals surface area (Å²) in [7, 11) is 0. The Morgan fingerprint density at radius 3 is 2.02 bits per heavy atom. The van der Waals surface area contributed by atoms with Crippen LogP contribution in [0.25, 0.3) is 0 Å². The van der Waals surface area contributed by atoms with Crippen molar-refractivity contribution in [2.75, 3.05) is 19.7 Å². The molecule has 14 heteroatoms. The summed E-state index contributed by atoms with van der Waals surface area (Å²) >= 11 is 0. The third-order valence-corrected chi connectivity index (χ3v) is 9.10. The van der Waals surface area contributed by atoms with E-state index < -0.39 is 103 Å². The van der Waals surface area contributed by atoms with Gasteiger partial charge in [-0.2, -0.15) is 0 Å². The van der Waals surface area contributed by atoms with Gasteiger partial charge < -0.3 is 67.1 Å². The lowest BCUT2D eigenvalue weighted by Gasteiger charge is -2.49. The number of aliphatic hydroxyl groups is 8. The maximum absolute atomic E-state index is 12.7. The fraction of sp³-hybridized carbons (Fsp3) is 0.962. The molecule has 0 spiro atoms. The first-order valence-electron chi connectivity index (χ1n) is 14.2. The number of amides is 1. The van der Waals surface area contributed by atoms with Gasteiger partial charge in [-0.25, -0.2) is 0 Å². The van der Waals surface area contributed by atoms with E-state index in [4.69, 9.17) is 20.9 Å². The van der Waals surface area contributed by atoms with Gasteiger partial charge in [-0.1, -0.05) is 13.8 Å². The summed E-state index contributed by atoms with van der Waals surface area (Å²) in [5, 5.41) is 86.7. The van der Waals surface area contributed by atoms with Gasteiger partial charge in [-0.15, -0.1) is 0 Å². The second kappa shape index (κ2) is 14.4. The van der Waals surface area contributed by atoms with Crippen LogP contribution in [0.15, 0.2) is 0 Å². The Morgan fingerprint density at radius 2 is 1.43 bits per heavy atom. The standard InChI is InChI=1S/C26H49N3O11/c1-10-5-14(29-26(38)15(31)3-4-27)25(40-16-7-13(9-30)18(32)11(2)19(16)33)23(37)24(10)39-17-6-12(8-28)20(34)22(36)21(17)35/h10-25,30-37H,3-9,27-28H2,1-2H3,(H,29,38)/t10-,11-,12+,13+,14+,15?,16-,17?,18-,19+,20+,21-,22-,23-,24+,25?/m0/s1. The van der Waals surface area contributed by atoms with Crippen molar-refractivity contribution in [2.24, 2.45) is 35.1 Å². The summed E-state index contributed by atoms with van der Waals surface area (Å²) in [5.74, 6) is -2.85. The molecule has 13 N–H and O–H groups in total. The summed E-state index contributed by atoms with van der Waals surface area (Å²) in [6.07, 6.45) is -12.5. The second-order valence-corrected chi connectivity index (χ2v) is 11.9. The van der Waals surface area contributed by atoms with Gasteiger partial charge in [0.1, 0.15) is 30.5 Å². The van der Waals surface area contributed by atoms with Gasteiger partial charge >= 0.3 is 0 Å². The number of carbonyl (C=O) groups is 1. The Kier molecular flexibility index (Phi) is 12.1. The molecule has 0 bridgehead atoms. The molecule has 3 rings (SSSR count). The topological polar surface area (TPSA) is 261 Å². The van der Waals surface area contributed by atoms with Gasteiger partial charge in [0.25, 0.3) is 0 Å². The van der Waals surface area contributed by atoms with Crippen molar-refractivity contribution < 1.29 is 55.1 Å². The summed E-state index contributed by atoms with van der Waals surface area (Å²) in [6.45, 7) is 3.19. The van der Waals surface area contributed by atoms with Gasteiger partial charge in [-0.05, 0) is 44.7 Å². The third kappa shape index (κ3) is 7.13. The number of nitrogens with one attached hydrogen (secondary N) is 1. The lowest BCUT2D eigenvalue weighted by molar-refractivity contribution is -0.242. The number of nitrogens with two attached hydrogens (primary N) is 2. The molecule has 3 unspecified atom stereocenters. The van der Waals surface area contributed by atoms with Crippen LogP contribution < -0.4 is 16.8 Å². The molecule has 14 nitrogen and oxygen atoms in total. The molecular formula is C26H49N3O11. The maximum Gasteiger partial charge on any atom is 0.249 e. The minimum atomic E-state index is -1.49. The first-order chi connectivity index (χ1) is 18.9. The molecule has 0 saturated heterocycles. The molecule has 40 heavy (non-hydrogen) atoms. The fourth-order valence-corrected chi connectivity index (χ4v) is 6.45. The molecule has 3 aliphatic rings. The minimum absolute atomic E-state index is 0.0267. The third-order valence-electron chi connectivity index (χ3n) is 9.10. The average molecular weight is 580 g/mol. The van der Waals surface area contributed by atoms with E-state index in [-0.39, 0.29) is 45.4 Å². The van der Waals surface area contributed by atoms with Crippen molar-refractivity contribution in [3.8, 4) is 0 Å². The molecule has 0 heterocycles. The number of aliphatic hydroxyl groups excluding tert-OH is 8. The summed E-state index contributed by atoms with van der Waals surface area (Å²) < 4.78 is 12.4. The first-order valence-corrected chi connectivity index (χ1v) is 14.2. The van der Waals surface area contributed by atoms with Gasteiger partial charge in [-0.3, -0.25) is 4.79 Å². The lowest BCUT2D eigenvalue weighted by atomic mass is 9.75. The molecule has 3 fully saturated rings. The Labute approximate surface area is 234 Å². The lowest BCUT2D eigenvalue weighted by Crippen LogP contribution is -2.65. The molecule has 0 aromatic heterocycles. The number of hydrogen-bond donors (Lipinski definition) is 11. The van der Waals surface area contributed by atoms with Crippen molar-refractivity contribution in [1.29, 1.82) is 0 Å². The quantitative estimate of drug-likeness (QED) is 0.117. The molecule has 1 amide bonds. The number of hydrogen-bond acceptors (Lipinski definition) is 13. The van der Waals surface area contributed by atoms with E-state index in [0.717, 1.165) is 0 Å². The molecule has 3 aliphatic carbocycles. The van der Waals surface area contributed by atoms with Gasteiger partial charge in [0, 0.05) is 24.4 Å². The zero-order valence-corrected chi connectivity index (χ0v) is 23.1. The van der Waals surface area contributed by atoms with Crippen LogP contribution in [0.4, 0.5) is 0 Å². The highest BCUT2D eigenvalue weighted by Crippen LogP contribution is 2.38. The van der Waals surface area contributed by atoms with Crippen molar-refractivity contribution in [3.05, 3.63) is 0 Å². The van der Waals surface area contributed by atoms with Crippen molar-refractivity contribution in [1.82, 2.24) is 5.32 Å². The molecule has 3 saturated carbocycles. The van der Waals surface area contributed by atoms with E-state index in [1.165, 1.54) is 0 Å². The molecular weight excluding hydrogens is 530 g/mol. The van der Waals surface area contributed by atoms with E-state index in [9.17, 15) is 45.6 Å². The van der Waals surface area contributed by atoms with Crippen LogP contribution in [0, 0.1) is 23.7 Å². The van der Waals surface area contributed by atoms with Crippen molar-refractivity contribution >= 4 is 5.91 Å². The highest BCUT2D eigenvalue weighted by atomic mass is 16.6. The zero-order valence-electron chi connectivity index (χ0n) is 23.1. The molecule has 0 aromatic rings. The first kappa shape index (κ1) is 33.5. The van der Waals surface area contributed by atoms with Gasteiger partial charge in [0.05, 0.1) is 42.7 Å². The van der Waals surface area contributed by atoms with E-state index in [1.54, 1.807) is 13.8 Å². The van der Waals surface area contributed by atoms with Gasteiger partial charge in [0.15, 0.2) is 0 Å². The van der Waals surface area contributed by atoms with E-state index in [1.807, 2.05) is 0 Å². The van der Waals surface area contributed by atoms with E-state index >= 15 is 0 Å². The monoisotopic (exact) mass is 579 g/mol. The number of carbonyl (C=O) groups excluding carboxylic acids is 1. The molecule has 0 radical (unpaired) electrons. The van der Waals surface area contributed by atoms with Crippen LogP contribution in [-0.2, 0) is 14.3 Å². The summed E-state index contributed by atoms with van der Waals surface area (Å²) in [4.78, 5) is 12.7. The van der Waals surface area contributed by atoms with Crippen LogP contribution in [-0.4, -0.2) is 140 Å². The van der Waals surface area contributed by atoms with Crippen LogP contribution >= 0.6 is 0 Å². The predicted molar refractivity (Wildman–Crippen MR) is 140 cm³/mol. The van der Waals surface area contributed by atoms with Gasteiger partial charge in [0.2, 0.25) is 5.91 Å². The fourth-order valence-electron chi connectivity index (χ4n) is 6.45. The Balaban J connectivity index is 1.85. The van der Waals surface area contributed by atoms with Crippen molar-refractivity contribution in [2.45, 2.75) is 113 Å². The average Bonchev–Trinajstić information content (AvgIpc) is 2.92.